The number of ether oxygens (including phenoxy) is 2. The van der Waals surface area contributed by atoms with Gasteiger partial charge in [-0.05, 0) is 42.0 Å². The van der Waals surface area contributed by atoms with Crippen molar-refractivity contribution in [2.75, 3.05) is 33.9 Å². The van der Waals surface area contributed by atoms with Crippen LogP contribution in [0.15, 0.2) is 18.2 Å². The van der Waals surface area contributed by atoms with Crippen molar-refractivity contribution in [2.45, 2.75) is 26.7 Å². The number of aryl methyl sites for hydroxylation is 1. The van der Waals surface area contributed by atoms with Crippen LogP contribution in [0, 0.1) is 5.41 Å². The van der Waals surface area contributed by atoms with E-state index in [-0.39, 0.29) is 5.41 Å². The van der Waals surface area contributed by atoms with Crippen molar-refractivity contribution >= 4 is 11.6 Å². The number of hydrogen-bond acceptors (Lipinski definition) is 3. The summed E-state index contributed by atoms with van der Waals surface area (Å²) in [6.45, 7) is 7.14. The Kier molecular flexibility index (Phi) is 7.35. The first-order valence-corrected chi connectivity index (χ1v) is 7.38. The average Bonchev–Trinajstić information content (AvgIpc) is 2.42. The highest BCUT2D eigenvalue weighted by Gasteiger charge is 2.18. The SMILES string of the molecule is COCCNCC(C)(C)CCc1cc(Cl)ccc1OC. The predicted octanol–water partition coefficient (Wildman–Crippen LogP) is 3.54. The lowest BCUT2D eigenvalue weighted by atomic mass is 9.86. The van der Waals surface area contributed by atoms with Gasteiger partial charge in [-0.25, -0.2) is 0 Å². The molecule has 3 nitrogen and oxygen atoms in total. The number of rotatable bonds is 9. The van der Waals surface area contributed by atoms with Crippen molar-refractivity contribution in [3.8, 4) is 5.75 Å². The van der Waals surface area contributed by atoms with Crippen molar-refractivity contribution < 1.29 is 9.47 Å². The van der Waals surface area contributed by atoms with Gasteiger partial charge in [0.25, 0.3) is 0 Å². The fourth-order valence-corrected chi connectivity index (χ4v) is 2.30. The Balaban J connectivity index is 2.50. The minimum Gasteiger partial charge on any atom is -0.496 e. The van der Waals surface area contributed by atoms with Crippen molar-refractivity contribution in [1.82, 2.24) is 5.32 Å². The maximum atomic E-state index is 6.06. The summed E-state index contributed by atoms with van der Waals surface area (Å²) < 4.78 is 10.4. The first-order chi connectivity index (χ1) is 9.48. The summed E-state index contributed by atoms with van der Waals surface area (Å²) in [6, 6.07) is 5.79. The molecule has 1 aromatic carbocycles. The van der Waals surface area contributed by atoms with E-state index in [0.717, 1.165) is 43.3 Å². The molecule has 0 aliphatic heterocycles. The maximum Gasteiger partial charge on any atom is 0.122 e. The molecule has 0 fully saturated rings. The Morgan fingerprint density at radius 2 is 2.00 bits per heavy atom. The number of nitrogens with one attached hydrogen (secondary N) is 1. The van der Waals surface area contributed by atoms with Crippen LogP contribution in [-0.2, 0) is 11.2 Å². The van der Waals surface area contributed by atoms with Gasteiger partial charge in [-0.15, -0.1) is 0 Å². The lowest BCUT2D eigenvalue weighted by Crippen LogP contribution is -2.32. The summed E-state index contributed by atoms with van der Waals surface area (Å²) in [5, 5.41) is 4.18. The Hall–Kier alpha value is -0.770. The van der Waals surface area contributed by atoms with E-state index in [9.17, 15) is 0 Å². The zero-order chi connectivity index (χ0) is 15.0. The molecule has 0 unspecified atom stereocenters. The van der Waals surface area contributed by atoms with E-state index in [4.69, 9.17) is 21.1 Å². The molecule has 1 N–H and O–H groups in total. The van der Waals surface area contributed by atoms with Gasteiger partial charge in [-0.3, -0.25) is 0 Å². The molecule has 0 aliphatic rings. The molecule has 0 saturated heterocycles. The van der Waals surface area contributed by atoms with Crippen LogP contribution in [0.1, 0.15) is 25.8 Å². The van der Waals surface area contributed by atoms with Crippen molar-refractivity contribution in [2.24, 2.45) is 5.41 Å². The van der Waals surface area contributed by atoms with Gasteiger partial charge in [0.1, 0.15) is 5.75 Å². The summed E-state index contributed by atoms with van der Waals surface area (Å²) in [4.78, 5) is 0. The van der Waals surface area contributed by atoms with Gasteiger partial charge in [0.05, 0.1) is 13.7 Å². The van der Waals surface area contributed by atoms with Crippen LogP contribution in [0.4, 0.5) is 0 Å². The second-order valence-electron chi connectivity index (χ2n) is 5.79. The lowest BCUT2D eigenvalue weighted by molar-refractivity contribution is 0.193. The van der Waals surface area contributed by atoms with E-state index in [2.05, 4.69) is 19.2 Å². The molecule has 1 aromatic rings. The molecule has 0 amide bonds. The summed E-state index contributed by atoms with van der Waals surface area (Å²) in [7, 11) is 3.42. The summed E-state index contributed by atoms with van der Waals surface area (Å²) in [5.74, 6) is 0.914. The third kappa shape index (κ3) is 6.12. The minimum absolute atomic E-state index is 0.223. The topological polar surface area (TPSA) is 30.5 Å². The van der Waals surface area contributed by atoms with Crippen LogP contribution < -0.4 is 10.1 Å². The molecule has 0 saturated carbocycles. The summed E-state index contributed by atoms with van der Waals surface area (Å²) in [6.07, 6.45) is 2.03. The highest BCUT2D eigenvalue weighted by atomic mass is 35.5. The van der Waals surface area contributed by atoms with Gasteiger partial charge in [0, 0.05) is 25.2 Å². The quantitative estimate of drug-likeness (QED) is 0.708. The van der Waals surface area contributed by atoms with Gasteiger partial charge in [0.15, 0.2) is 0 Å². The molecule has 1 rings (SSSR count). The largest absolute Gasteiger partial charge is 0.496 e. The van der Waals surface area contributed by atoms with Gasteiger partial charge in [0.2, 0.25) is 0 Å². The first-order valence-electron chi connectivity index (χ1n) is 7.00. The molecule has 0 aliphatic carbocycles. The molecular formula is C16H26ClNO2. The van der Waals surface area contributed by atoms with Crippen LogP contribution in [0.5, 0.6) is 5.75 Å². The normalized spacial score (nSPS) is 11.7. The van der Waals surface area contributed by atoms with Crippen molar-refractivity contribution in [3.05, 3.63) is 28.8 Å². The molecule has 0 atom stereocenters. The minimum atomic E-state index is 0.223. The van der Waals surface area contributed by atoms with Gasteiger partial charge < -0.3 is 14.8 Å². The summed E-state index contributed by atoms with van der Waals surface area (Å²) in [5.41, 5.74) is 1.39. The summed E-state index contributed by atoms with van der Waals surface area (Å²) >= 11 is 6.06. The number of hydrogen-bond donors (Lipinski definition) is 1. The molecule has 0 aromatic heterocycles. The van der Waals surface area contributed by atoms with E-state index in [0.29, 0.717) is 0 Å². The van der Waals surface area contributed by atoms with E-state index in [1.54, 1.807) is 14.2 Å². The van der Waals surface area contributed by atoms with Crippen molar-refractivity contribution in [1.29, 1.82) is 0 Å². The van der Waals surface area contributed by atoms with Crippen LogP contribution in [0.2, 0.25) is 5.02 Å². The van der Waals surface area contributed by atoms with Crippen LogP contribution in [0.3, 0.4) is 0 Å². The van der Waals surface area contributed by atoms with Crippen LogP contribution in [-0.4, -0.2) is 33.9 Å². The number of halogens is 1. The fourth-order valence-electron chi connectivity index (χ4n) is 2.10. The molecule has 4 heteroatoms. The molecule has 114 valence electrons. The number of benzene rings is 1. The zero-order valence-corrected chi connectivity index (χ0v) is 13.7. The first kappa shape index (κ1) is 17.3. The van der Waals surface area contributed by atoms with Gasteiger partial charge >= 0.3 is 0 Å². The molecule has 20 heavy (non-hydrogen) atoms. The smallest absolute Gasteiger partial charge is 0.122 e. The number of methoxy groups -OCH3 is 2. The van der Waals surface area contributed by atoms with E-state index in [1.807, 2.05) is 18.2 Å². The second-order valence-corrected chi connectivity index (χ2v) is 6.23. The van der Waals surface area contributed by atoms with Gasteiger partial charge in [-0.2, -0.15) is 0 Å². The van der Waals surface area contributed by atoms with Crippen molar-refractivity contribution in [3.63, 3.8) is 0 Å². The van der Waals surface area contributed by atoms with E-state index < -0.39 is 0 Å². The Morgan fingerprint density at radius 3 is 2.65 bits per heavy atom. The van der Waals surface area contributed by atoms with Crippen LogP contribution >= 0.6 is 11.6 Å². The molecule has 0 spiro atoms. The highest BCUT2D eigenvalue weighted by Crippen LogP contribution is 2.28. The monoisotopic (exact) mass is 299 g/mol. The average molecular weight is 300 g/mol. The second kappa shape index (κ2) is 8.50. The fraction of sp³-hybridized carbons (Fsp3) is 0.625. The predicted molar refractivity (Wildman–Crippen MR) is 84.9 cm³/mol. The maximum absolute atomic E-state index is 6.06. The zero-order valence-electron chi connectivity index (χ0n) is 13.0. The Labute approximate surface area is 127 Å². The van der Waals surface area contributed by atoms with E-state index in [1.165, 1.54) is 5.56 Å². The third-order valence-electron chi connectivity index (χ3n) is 3.40. The molecule has 0 radical (unpaired) electrons. The Morgan fingerprint density at radius 1 is 1.25 bits per heavy atom. The molecular weight excluding hydrogens is 274 g/mol. The third-order valence-corrected chi connectivity index (χ3v) is 3.64. The lowest BCUT2D eigenvalue weighted by Gasteiger charge is -2.25. The molecule has 0 bridgehead atoms. The molecule has 0 heterocycles. The van der Waals surface area contributed by atoms with Gasteiger partial charge in [-0.1, -0.05) is 25.4 Å². The van der Waals surface area contributed by atoms with E-state index >= 15 is 0 Å². The highest BCUT2D eigenvalue weighted by molar-refractivity contribution is 6.30. The Bertz CT molecular complexity index is 407. The standard InChI is InChI=1S/C16H26ClNO2/c1-16(2,12-18-9-10-19-3)8-7-13-11-14(17)5-6-15(13)20-4/h5-6,11,18H,7-10,12H2,1-4H3. The van der Waals surface area contributed by atoms with Crippen LogP contribution in [0.25, 0.3) is 0 Å².